The van der Waals surface area contributed by atoms with Crippen LogP contribution in [0.1, 0.15) is 18.2 Å². The maximum atomic E-state index is 6.17. The van der Waals surface area contributed by atoms with E-state index in [4.69, 9.17) is 16.3 Å². The Kier molecular flexibility index (Phi) is 3.78. The van der Waals surface area contributed by atoms with Crippen LogP contribution in [-0.4, -0.2) is 11.6 Å². The lowest BCUT2D eigenvalue weighted by atomic mass is 10.1. The van der Waals surface area contributed by atoms with E-state index >= 15 is 0 Å². The number of hydrogen-bond donors (Lipinski definition) is 0. The Morgan fingerprint density at radius 2 is 2.06 bits per heavy atom. The standard InChI is InChI=1S/C13H13ClINO/c1-4-17-13-9-6-10(14)7(2)5-11(9)16-8(3)12(13)15/h5-6H,4H2,1-3H3. The number of halogens is 2. The largest absolute Gasteiger partial charge is 0.492 e. The van der Waals surface area contributed by atoms with Crippen molar-refractivity contribution < 1.29 is 4.74 Å². The van der Waals surface area contributed by atoms with Gasteiger partial charge >= 0.3 is 0 Å². The van der Waals surface area contributed by atoms with Crippen molar-refractivity contribution in [2.24, 2.45) is 0 Å². The summed E-state index contributed by atoms with van der Waals surface area (Å²) in [7, 11) is 0. The Bertz CT molecular complexity index is 578. The minimum Gasteiger partial charge on any atom is -0.492 e. The first-order valence-electron chi connectivity index (χ1n) is 5.43. The SMILES string of the molecule is CCOc1c(I)c(C)nc2cc(C)c(Cl)cc12. The second-order valence-corrected chi connectivity index (χ2v) is 5.38. The summed E-state index contributed by atoms with van der Waals surface area (Å²) in [5.74, 6) is 0.887. The van der Waals surface area contributed by atoms with Gasteiger partial charge in [-0.2, -0.15) is 0 Å². The van der Waals surface area contributed by atoms with Gasteiger partial charge in [-0.3, -0.25) is 4.98 Å². The van der Waals surface area contributed by atoms with Gasteiger partial charge in [0.1, 0.15) is 5.75 Å². The Hall–Kier alpha value is -0.550. The molecule has 0 aliphatic carbocycles. The molecule has 0 atom stereocenters. The summed E-state index contributed by atoms with van der Waals surface area (Å²) in [5, 5.41) is 1.73. The van der Waals surface area contributed by atoms with Crippen LogP contribution in [0.25, 0.3) is 10.9 Å². The van der Waals surface area contributed by atoms with Crippen LogP contribution in [0.2, 0.25) is 5.02 Å². The predicted octanol–water partition coefficient (Wildman–Crippen LogP) is 4.51. The minimum absolute atomic E-state index is 0.639. The Morgan fingerprint density at radius 3 is 2.71 bits per heavy atom. The molecule has 1 aromatic carbocycles. The van der Waals surface area contributed by atoms with E-state index in [9.17, 15) is 0 Å². The molecule has 2 rings (SSSR count). The fourth-order valence-corrected chi connectivity index (χ4v) is 2.47. The zero-order valence-electron chi connectivity index (χ0n) is 9.97. The number of rotatable bonds is 2. The number of hydrogen-bond acceptors (Lipinski definition) is 2. The van der Waals surface area contributed by atoms with Gasteiger partial charge in [-0.1, -0.05) is 11.6 Å². The molecule has 2 nitrogen and oxygen atoms in total. The Labute approximate surface area is 119 Å². The van der Waals surface area contributed by atoms with E-state index in [0.29, 0.717) is 6.61 Å². The fraction of sp³-hybridized carbons (Fsp3) is 0.308. The number of benzene rings is 1. The van der Waals surface area contributed by atoms with E-state index in [2.05, 4.69) is 27.6 Å². The van der Waals surface area contributed by atoms with Gasteiger partial charge in [0.2, 0.25) is 0 Å². The molecule has 1 aromatic heterocycles. The Morgan fingerprint density at radius 1 is 1.35 bits per heavy atom. The van der Waals surface area contributed by atoms with E-state index in [1.807, 2.05) is 32.9 Å². The van der Waals surface area contributed by atoms with E-state index in [-0.39, 0.29) is 0 Å². The second kappa shape index (κ2) is 4.98. The van der Waals surface area contributed by atoms with Crippen LogP contribution in [0, 0.1) is 17.4 Å². The fourth-order valence-electron chi connectivity index (χ4n) is 1.74. The first-order chi connectivity index (χ1) is 8.04. The molecule has 17 heavy (non-hydrogen) atoms. The molecule has 0 fully saturated rings. The van der Waals surface area contributed by atoms with Crippen molar-refractivity contribution in [1.82, 2.24) is 4.98 Å². The first kappa shape index (κ1) is 12.9. The lowest BCUT2D eigenvalue weighted by Gasteiger charge is -2.12. The van der Waals surface area contributed by atoms with Crippen LogP contribution in [0.3, 0.4) is 0 Å². The van der Waals surface area contributed by atoms with Crippen LogP contribution in [0.15, 0.2) is 12.1 Å². The van der Waals surface area contributed by atoms with Crippen LogP contribution in [0.4, 0.5) is 0 Å². The summed E-state index contributed by atoms with van der Waals surface area (Å²) in [6.07, 6.45) is 0. The van der Waals surface area contributed by atoms with E-state index < -0.39 is 0 Å². The number of aryl methyl sites for hydroxylation is 2. The molecule has 1 heterocycles. The first-order valence-corrected chi connectivity index (χ1v) is 6.89. The van der Waals surface area contributed by atoms with Gasteiger partial charge in [-0.05, 0) is 61.1 Å². The van der Waals surface area contributed by atoms with Crippen molar-refractivity contribution >= 4 is 45.1 Å². The highest BCUT2D eigenvalue weighted by molar-refractivity contribution is 14.1. The number of ether oxygens (including phenoxy) is 1. The number of nitrogens with zero attached hydrogens (tertiary/aromatic N) is 1. The molecule has 0 spiro atoms. The van der Waals surface area contributed by atoms with Gasteiger partial charge in [0.25, 0.3) is 0 Å². The quantitative estimate of drug-likeness (QED) is 0.734. The molecule has 0 bridgehead atoms. The molecule has 2 aromatic rings. The van der Waals surface area contributed by atoms with Crippen molar-refractivity contribution in [3.8, 4) is 5.75 Å². The summed E-state index contributed by atoms with van der Waals surface area (Å²) >= 11 is 8.43. The van der Waals surface area contributed by atoms with Crippen LogP contribution in [0.5, 0.6) is 5.75 Å². The maximum absolute atomic E-state index is 6.17. The second-order valence-electron chi connectivity index (χ2n) is 3.89. The van der Waals surface area contributed by atoms with Crippen LogP contribution in [-0.2, 0) is 0 Å². The molecule has 0 saturated heterocycles. The molecule has 0 amide bonds. The third-order valence-corrected chi connectivity index (χ3v) is 4.29. The minimum atomic E-state index is 0.639. The molecule has 4 heteroatoms. The van der Waals surface area contributed by atoms with Gasteiger partial charge in [0, 0.05) is 10.4 Å². The molecule has 0 N–H and O–H groups in total. The highest BCUT2D eigenvalue weighted by atomic mass is 127. The highest BCUT2D eigenvalue weighted by Crippen LogP contribution is 2.34. The summed E-state index contributed by atoms with van der Waals surface area (Å²) in [6, 6.07) is 3.94. The van der Waals surface area contributed by atoms with E-state index in [0.717, 1.165) is 36.5 Å². The van der Waals surface area contributed by atoms with Crippen molar-refractivity contribution in [2.45, 2.75) is 20.8 Å². The van der Waals surface area contributed by atoms with E-state index in [1.54, 1.807) is 0 Å². The summed E-state index contributed by atoms with van der Waals surface area (Å²) in [4.78, 5) is 4.57. The van der Waals surface area contributed by atoms with Crippen LogP contribution >= 0.6 is 34.2 Å². The van der Waals surface area contributed by atoms with Crippen molar-refractivity contribution in [2.75, 3.05) is 6.61 Å². The Balaban J connectivity index is 2.83. The molecule has 0 aliphatic heterocycles. The molecule has 0 unspecified atom stereocenters. The summed E-state index contributed by atoms with van der Waals surface area (Å²) in [6.45, 7) is 6.60. The molecular weight excluding hydrogens is 349 g/mol. The molecule has 0 radical (unpaired) electrons. The zero-order valence-corrected chi connectivity index (χ0v) is 12.9. The predicted molar refractivity (Wildman–Crippen MR) is 80.1 cm³/mol. The third kappa shape index (κ3) is 2.36. The lowest BCUT2D eigenvalue weighted by Crippen LogP contribution is -1.99. The van der Waals surface area contributed by atoms with Gasteiger partial charge < -0.3 is 4.74 Å². The zero-order chi connectivity index (χ0) is 12.6. The van der Waals surface area contributed by atoms with Gasteiger partial charge in [-0.25, -0.2) is 0 Å². The maximum Gasteiger partial charge on any atom is 0.143 e. The monoisotopic (exact) mass is 361 g/mol. The highest BCUT2D eigenvalue weighted by Gasteiger charge is 2.13. The number of aromatic nitrogens is 1. The molecule has 0 aliphatic rings. The van der Waals surface area contributed by atoms with Crippen molar-refractivity contribution in [1.29, 1.82) is 0 Å². The molecule has 0 saturated carbocycles. The van der Waals surface area contributed by atoms with Crippen molar-refractivity contribution in [3.63, 3.8) is 0 Å². The average Bonchev–Trinajstić information content (AvgIpc) is 2.28. The van der Waals surface area contributed by atoms with E-state index in [1.165, 1.54) is 0 Å². The van der Waals surface area contributed by atoms with Crippen molar-refractivity contribution in [3.05, 3.63) is 32.0 Å². The topological polar surface area (TPSA) is 22.1 Å². The smallest absolute Gasteiger partial charge is 0.143 e. The summed E-state index contributed by atoms with van der Waals surface area (Å²) < 4.78 is 6.77. The van der Waals surface area contributed by atoms with Gasteiger partial charge in [-0.15, -0.1) is 0 Å². The molecule has 90 valence electrons. The normalized spacial score (nSPS) is 10.9. The number of fused-ring (bicyclic) bond motifs is 1. The van der Waals surface area contributed by atoms with Crippen LogP contribution < -0.4 is 4.74 Å². The van der Waals surface area contributed by atoms with Gasteiger partial charge in [0.15, 0.2) is 0 Å². The summed E-state index contributed by atoms with van der Waals surface area (Å²) in [5.41, 5.74) is 2.96. The average molecular weight is 362 g/mol. The van der Waals surface area contributed by atoms with Gasteiger partial charge in [0.05, 0.1) is 21.4 Å². The number of pyridine rings is 1. The lowest BCUT2D eigenvalue weighted by molar-refractivity contribution is 0.341. The third-order valence-electron chi connectivity index (χ3n) is 2.62. The molecular formula is C13H13ClINO.